The van der Waals surface area contributed by atoms with Gasteiger partial charge in [-0.05, 0) is 57.5 Å². The van der Waals surface area contributed by atoms with Gasteiger partial charge in [-0.25, -0.2) is 0 Å². The van der Waals surface area contributed by atoms with Crippen molar-refractivity contribution in [1.82, 2.24) is 15.5 Å². The zero-order valence-corrected chi connectivity index (χ0v) is 11.6. The number of nitrogens with one attached hydrogen (secondary N) is 1. The first-order valence-electron chi connectivity index (χ1n) is 7.51. The third-order valence-electron chi connectivity index (χ3n) is 4.06. The first kappa shape index (κ1) is 13.1. The summed E-state index contributed by atoms with van der Waals surface area (Å²) in [4.78, 5) is 4.53. The SMILES string of the molecule is CCOC(c1noc(CCC2CCNC2)n1)C1CC1. The van der Waals surface area contributed by atoms with Gasteiger partial charge in [-0.2, -0.15) is 4.98 Å². The van der Waals surface area contributed by atoms with Crippen LogP contribution in [0.2, 0.25) is 0 Å². The average Bonchev–Trinajstić information content (AvgIpc) is 2.92. The molecule has 0 radical (unpaired) electrons. The van der Waals surface area contributed by atoms with Crippen LogP contribution in [0.3, 0.4) is 0 Å². The fraction of sp³-hybridized carbons (Fsp3) is 0.857. The lowest BCUT2D eigenvalue weighted by molar-refractivity contribution is 0.0384. The van der Waals surface area contributed by atoms with Gasteiger partial charge < -0.3 is 14.6 Å². The fourth-order valence-electron chi connectivity index (χ4n) is 2.77. The van der Waals surface area contributed by atoms with E-state index in [2.05, 4.69) is 15.5 Å². The van der Waals surface area contributed by atoms with Gasteiger partial charge in [0.1, 0.15) is 6.10 Å². The second-order valence-electron chi connectivity index (χ2n) is 5.66. The van der Waals surface area contributed by atoms with E-state index >= 15 is 0 Å². The van der Waals surface area contributed by atoms with Crippen LogP contribution < -0.4 is 5.32 Å². The van der Waals surface area contributed by atoms with Crippen molar-refractivity contribution in [3.05, 3.63) is 11.7 Å². The van der Waals surface area contributed by atoms with E-state index in [1.54, 1.807) is 0 Å². The Morgan fingerprint density at radius 1 is 1.42 bits per heavy atom. The molecule has 0 aromatic carbocycles. The predicted molar refractivity (Wildman–Crippen MR) is 70.7 cm³/mol. The van der Waals surface area contributed by atoms with Gasteiger partial charge in [0, 0.05) is 13.0 Å². The van der Waals surface area contributed by atoms with Crippen molar-refractivity contribution >= 4 is 0 Å². The minimum Gasteiger partial charge on any atom is -0.370 e. The van der Waals surface area contributed by atoms with E-state index in [1.807, 2.05) is 6.92 Å². The van der Waals surface area contributed by atoms with Crippen LogP contribution >= 0.6 is 0 Å². The van der Waals surface area contributed by atoms with Crippen molar-refractivity contribution in [3.63, 3.8) is 0 Å². The molecule has 106 valence electrons. The van der Waals surface area contributed by atoms with E-state index in [1.165, 1.54) is 19.3 Å². The average molecular weight is 265 g/mol. The van der Waals surface area contributed by atoms with Gasteiger partial charge in [0.25, 0.3) is 0 Å². The number of hydrogen-bond acceptors (Lipinski definition) is 5. The van der Waals surface area contributed by atoms with Crippen molar-refractivity contribution in [2.24, 2.45) is 11.8 Å². The van der Waals surface area contributed by atoms with Crippen LogP contribution in [-0.4, -0.2) is 29.8 Å². The third-order valence-corrected chi connectivity index (χ3v) is 4.06. The number of hydrogen-bond donors (Lipinski definition) is 1. The predicted octanol–water partition coefficient (Wildman–Crippen LogP) is 2.10. The molecule has 2 heterocycles. The van der Waals surface area contributed by atoms with Gasteiger partial charge in [-0.15, -0.1) is 0 Å². The Morgan fingerprint density at radius 3 is 3.00 bits per heavy atom. The van der Waals surface area contributed by atoms with Crippen LogP contribution in [0.25, 0.3) is 0 Å². The molecule has 19 heavy (non-hydrogen) atoms. The largest absolute Gasteiger partial charge is 0.370 e. The van der Waals surface area contributed by atoms with E-state index in [0.29, 0.717) is 12.5 Å². The maximum Gasteiger partial charge on any atom is 0.226 e. The van der Waals surface area contributed by atoms with Gasteiger partial charge >= 0.3 is 0 Å². The minimum atomic E-state index is 0.0515. The van der Waals surface area contributed by atoms with Gasteiger partial charge in [0.2, 0.25) is 11.7 Å². The summed E-state index contributed by atoms with van der Waals surface area (Å²) in [5.74, 6) is 2.89. The summed E-state index contributed by atoms with van der Waals surface area (Å²) in [6.07, 6.45) is 5.80. The fourth-order valence-corrected chi connectivity index (χ4v) is 2.77. The topological polar surface area (TPSA) is 60.2 Å². The molecule has 2 fully saturated rings. The maximum absolute atomic E-state index is 5.75. The van der Waals surface area contributed by atoms with Crippen molar-refractivity contribution < 1.29 is 9.26 Å². The van der Waals surface area contributed by atoms with E-state index < -0.39 is 0 Å². The first-order chi connectivity index (χ1) is 9.36. The Kier molecular flexibility index (Phi) is 4.13. The maximum atomic E-state index is 5.75. The molecule has 2 aliphatic rings. The molecule has 1 aromatic heterocycles. The molecule has 3 rings (SSSR count). The molecule has 2 atom stereocenters. The van der Waals surface area contributed by atoms with Gasteiger partial charge in [-0.1, -0.05) is 5.16 Å². The second-order valence-corrected chi connectivity index (χ2v) is 5.66. The van der Waals surface area contributed by atoms with Crippen LogP contribution in [-0.2, 0) is 11.2 Å². The molecule has 0 bridgehead atoms. The minimum absolute atomic E-state index is 0.0515. The lowest BCUT2D eigenvalue weighted by Crippen LogP contribution is -2.10. The highest BCUT2D eigenvalue weighted by Crippen LogP contribution is 2.42. The standard InChI is InChI=1S/C14H23N3O2/c1-2-18-13(11-4-5-11)14-16-12(19-17-14)6-3-10-7-8-15-9-10/h10-11,13,15H,2-9H2,1H3. The summed E-state index contributed by atoms with van der Waals surface area (Å²) >= 11 is 0. The number of ether oxygens (including phenoxy) is 1. The molecule has 1 aliphatic heterocycles. The normalized spacial score (nSPS) is 24.8. The van der Waals surface area contributed by atoms with Crippen LogP contribution in [0.1, 0.15) is 50.4 Å². The Labute approximate surface area is 114 Å². The van der Waals surface area contributed by atoms with Crippen LogP contribution in [0.5, 0.6) is 0 Å². The van der Waals surface area contributed by atoms with Gasteiger partial charge in [-0.3, -0.25) is 0 Å². The van der Waals surface area contributed by atoms with E-state index in [4.69, 9.17) is 9.26 Å². The van der Waals surface area contributed by atoms with Crippen molar-refractivity contribution in [2.45, 2.75) is 45.1 Å². The third kappa shape index (κ3) is 3.34. The van der Waals surface area contributed by atoms with Gasteiger partial charge in [0.05, 0.1) is 0 Å². The van der Waals surface area contributed by atoms with E-state index in [9.17, 15) is 0 Å². The second kappa shape index (κ2) is 6.01. The van der Waals surface area contributed by atoms with E-state index in [0.717, 1.165) is 43.6 Å². The quantitative estimate of drug-likeness (QED) is 0.818. The summed E-state index contributed by atoms with van der Waals surface area (Å²) in [5, 5.41) is 7.50. The molecular weight excluding hydrogens is 242 g/mol. The Morgan fingerprint density at radius 2 is 2.32 bits per heavy atom. The molecule has 1 saturated heterocycles. The monoisotopic (exact) mass is 265 g/mol. The van der Waals surface area contributed by atoms with E-state index in [-0.39, 0.29) is 6.10 Å². The Balaban J connectivity index is 1.55. The van der Waals surface area contributed by atoms with Crippen LogP contribution in [0.4, 0.5) is 0 Å². The molecule has 1 saturated carbocycles. The molecule has 5 nitrogen and oxygen atoms in total. The highest BCUT2D eigenvalue weighted by atomic mass is 16.5. The van der Waals surface area contributed by atoms with Crippen molar-refractivity contribution in [3.8, 4) is 0 Å². The summed E-state index contributed by atoms with van der Waals surface area (Å²) in [5.41, 5.74) is 0. The highest BCUT2D eigenvalue weighted by molar-refractivity contribution is 4.98. The van der Waals surface area contributed by atoms with Crippen LogP contribution in [0, 0.1) is 11.8 Å². The zero-order valence-electron chi connectivity index (χ0n) is 11.6. The Hall–Kier alpha value is -0.940. The van der Waals surface area contributed by atoms with Gasteiger partial charge in [0.15, 0.2) is 0 Å². The number of aryl methyl sites for hydroxylation is 1. The van der Waals surface area contributed by atoms with Crippen LogP contribution in [0.15, 0.2) is 4.52 Å². The Bertz CT molecular complexity index is 397. The molecule has 1 aliphatic carbocycles. The van der Waals surface area contributed by atoms with Crippen molar-refractivity contribution in [2.75, 3.05) is 19.7 Å². The molecule has 5 heteroatoms. The zero-order chi connectivity index (χ0) is 13.1. The number of rotatable bonds is 7. The smallest absolute Gasteiger partial charge is 0.226 e. The molecule has 1 N–H and O–H groups in total. The summed E-state index contributed by atoms with van der Waals surface area (Å²) in [6, 6.07) is 0. The number of aromatic nitrogens is 2. The van der Waals surface area contributed by atoms with Crippen molar-refractivity contribution in [1.29, 1.82) is 0 Å². The highest BCUT2D eigenvalue weighted by Gasteiger charge is 2.36. The summed E-state index contributed by atoms with van der Waals surface area (Å²) in [6.45, 7) is 5.00. The lowest BCUT2D eigenvalue weighted by Gasteiger charge is -2.11. The molecule has 1 aromatic rings. The molecular formula is C14H23N3O2. The number of nitrogens with zero attached hydrogens (tertiary/aromatic N) is 2. The summed E-state index contributed by atoms with van der Waals surface area (Å²) < 4.78 is 11.1. The molecule has 0 spiro atoms. The first-order valence-corrected chi connectivity index (χ1v) is 7.51. The molecule has 0 amide bonds. The molecule has 2 unspecified atom stereocenters. The lowest BCUT2D eigenvalue weighted by atomic mass is 10.0. The summed E-state index contributed by atoms with van der Waals surface area (Å²) in [7, 11) is 0.